The average molecular weight is 597 g/mol. The molecule has 3 atom stereocenters. The molecule has 234 valence electrons. The van der Waals surface area contributed by atoms with Crippen LogP contribution in [-0.2, 0) is 24.4 Å². The maximum atomic E-state index is 14.2. The van der Waals surface area contributed by atoms with Crippen molar-refractivity contribution in [3.63, 3.8) is 0 Å². The van der Waals surface area contributed by atoms with E-state index in [4.69, 9.17) is 0 Å². The van der Waals surface area contributed by atoms with Crippen LogP contribution in [0.25, 0.3) is 0 Å². The highest BCUT2D eigenvalue weighted by molar-refractivity contribution is 7.89. The molecule has 10 nitrogen and oxygen atoms in total. The first-order valence-electron chi connectivity index (χ1n) is 14.3. The van der Waals surface area contributed by atoms with Crippen LogP contribution in [-0.4, -0.2) is 50.5 Å². The van der Waals surface area contributed by atoms with E-state index in [-0.39, 0.29) is 35.0 Å². The zero-order valence-corrected chi connectivity index (χ0v) is 27.6. The molecule has 1 rings (SSSR count). The first-order valence-corrected chi connectivity index (χ1v) is 15.8. The maximum absolute atomic E-state index is 14.2. The van der Waals surface area contributed by atoms with Crippen molar-refractivity contribution in [2.24, 2.45) is 17.3 Å². The van der Waals surface area contributed by atoms with E-state index in [1.807, 2.05) is 67.5 Å². The Hall–Kier alpha value is -2.50. The third-order valence-corrected chi connectivity index (χ3v) is 8.72. The molecule has 0 saturated heterocycles. The second-order valence-electron chi connectivity index (χ2n) is 13.2. The van der Waals surface area contributed by atoms with Gasteiger partial charge in [-0.15, -0.1) is 0 Å². The number of carbonyl (C=O) groups excluding carboxylic acids is 3. The minimum absolute atomic E-state index is 0.0734. The highest BCUT2D eigenvalue weighted by atomic mass is 32.2. The molecule has 0 aliphatic carbocycles. The summed E-state index contributed by atoms with van der Waals surface area (Å²) in [5, 5.41) is 14.9. The van der Waals surface area contributed by atoms with Gasteiger partial charge in [0.2, 0.25) is 21.8 Å². The number of carbonyl (C=O) groups is 3. The van der Waals surface area contributed by atoms with E-state index in [1.165, 1.54) is 12.5 Å². The Balaban J connectivity index is 3.81. The normalized spacial score (nSPS) is 14.8. The third kappa shape index (κ3) is 9.51. The third-order valence-electron chi connectivity index (χ3n) is 7.15. The molecule has 0 saturated carbocycles. The van der Waals surface area contributed by atoms with Crippen LogP contribution >= 0.6 is 0 Å². The smallest absolute Gasteiger partial charge is 0.262 e. The van der Waals surface area contributed by atoms with E-state index in [0.717, 1.165) is 5.56 Å². The molecule has 3 amide bonds. The maximum Gasteiger partial charge on any atom is 0.262 e. The van der Waals surface area contributed by atoms with Gasteiger partial charge in [-0.1, -0.05) is 88.3 Å². The summed E-state index contributed by atoms with van der Waals surface area (Å²) >= 11 is 0. The fraction of sp³-hybridized carbons (Fsp3) is 0.700. The number of likely N-dealkylation sites (N-methyl/N-ethyl adjacent to an activating group) is 1. The molecule has 1 aromatic carbocycles. The lowest BCUT2D eigenvalue weighted by atomic mass is 9.84. The van der Waals surface area contributed by atoms with Gasteiger partial charge < -0.3 is 10.6 Å². The highest BCUT2D eigenvalue weighted by Gasteiger charge is 2.41. The second-order valence-corrected chi connectivity index (χ2v) is 14.9. The lowest BCUT2D eigenvalue weighted by molar-refractivity contribution is -0.139. The van der Waals surface area contributed by atoms with E-state index in [1.54, 1.807) is 20.8 Å². The minimum Gasteiger partial charge on any atom is -0.357 e. The number of nitrogens with one attached hydrogen (secondary N) is 4. The fourth-order valence-electron chi connectivity index (χ4n) is 4.79. The number of hydrogen-bond acceptors (Lipinski definition) is 6. The van der Waals surface area contributed by atoms with Crippen LogP contribution < -0.4 is 20.8 Å². The molecule has 0 spiro atoms. The lowest BCUT2D eigenvalue weighted by Gasteiger charge is -2.33. The summed E-state index contributed by atoms with van der Waals surface area (Å²) in [5.74, 6) is -3.68. The van der Waals surface area contributed by atoms with Crippen LogP contribution in [0.3, 0.4) is 0 Å². The summed E-state index contributed by atoms with van der Waals surface area (Å²) in [5.41, 5.74) is 3.07. The molecule has 0 aliphatic rings. The van der Waals surface area contributed by atoms with Gasteiger partial charge in [-0.25, -0.2) is 13.9 Å². The van der Waals surface area contributed by atoms with Gasteiger partial charge in [-0.2, -0.15) is 4.72 Å². The lowest BCUT2D eigenvalue weighted by Crippen LogP contribution is -2.59. The molecule has 0 fully saturated rings. The Bertz CT molecular complexity index is 1160. The van der Waals surface area contributed by atoms with E-state index >= 15 is 0 Å². The fourth-order valence-corrected chi connectivity index (χ4v) is 6.72. The van der Waals surface area contributed by atoms with Crippen LogP contribution in [0.15, 0.2) is 17.0 Å². The van der Waals surface area contributed by atoms with Crippen molar-refractivity contribution in [1.82, 2.24) is 20.8 Å². The number of amides is 3. The van der Waals surface area contributed by atoms with Crippen molar-refractivity contribution in [2.45, 2.75) is 117 Å². The summed E-state index contributed by atoms with van der Waals surface area (Å²) in [6.45, 7) is 20.7. The molecular formula is C30H52N4O6S. The molecule has 0 radical (unpaired) electrons. The van der Waals surface area contributed by atoms with Crippen LogP contribution in [0, 0.1) is 17.3 Å². The number of benzene rings is 1. The largest absolute Gasteiger partial charge is 0.357 e. The van der Waals surface area contributed by atoms with E-state index in [9.17, 15) is 28.0 Å². The predicted octanol–water partition coefficient (Wildman–Crippen LogP) is 4.15. The van der Waals surface area contributed by atoms with Gasteiger partial charge >= 0.3 is 0 Å². The van der Waals surface area contributed by atoms with Crippen molar-refractivity contribution in [1.29, 1.82) is 0 Å². The monoisotopic (exact) mass is 596 g/mol. The van der Waals surface area contributed by atoms with Gasteiger partial charge in [0.15, 0.2) is 0 Å². The van der Waals surface area contributed by atoms with Gasteiger partial charge in [0.25, 0.3) is 5.91 Å². The second kappa shape index (κ2) is 14.6. The quantitative estimate of drug-likeness (QED) is 0.170. The standard InChI is InChI=1S/C30H52N4O6S/c1-16(2)13-23(27(35)32-26(29(37)31-12)30(9,10)11)24(28(36)33-38)34-41(39,40)25-21(18(5)6)14-20(17(3)4)15-22(25)19(7)8/h14-19,23-24,26,34,38H,13H2,1-12H3,(H,31,37)(H,32,35)(H,33,36)/t23-,24+,26-/m1/s1. The molecule has 0 heterocycles. The molecule has 11 heteroatoms. The predicted molar refractivity (Wildman–Crippen MR) is 161 cm³/mol. The Morgan fingerprint density at radius 2 is 1.32 bits per heavy atom. The summed E-state index contributed by atoms with van der Waals surface area (Å²) in [7, 11) is -2.93. The van der Waals surface area contributed by atoms with Gasteiger partial charge in [-0.05, 0) is 52.2 Å². The number of rotatable bonds is 13. The summed E-state index contributed by atoms with van der Waals surface area (Å²) in [6, 6.07) is 1.16. The summed E-state index contributed by atoms with van der Waals surface area (Å²) in [6.07, 6.45) is 0.109. The van der Waals surface area contributed by atoms with Crippen LogP contribution in [0.2, 0.25) is 0 Å². The van der Waals surface area contributed by atoms with Gasteiger partial charge in [0.05, 0.1) is 10.8 Å². The zero-order chi connectivity index (χ0) is 32.0. The van der Waals surface area contributed by atoms with Crippen molar-refractivity contribution >= 4 is 27.7 Å². The molecule has 1 aromatic rings. The van der Waals surface area contributed by atoms with Crippen molar-refractivity contribution < 1.29 is 28.0 Å². The van der Waals surface area contributed by atoms with Crippen LogP contribution in [0.5, 0.6) is 0 Å². The van der Waals surface area contributed by atoms with E-state index < -0.39 is 51.2 Å². The molecule has 0 aromatic heterocycles. The van der Waals surface area contributed by atoms with Crippen molar-refractivity contribution in [3.05, 3.63) is 28.8 Å². The van der Waals surface area contributed by atoms with Crippen LogP contribution in [0.4, 0.5) is 0 Å². The first kappa shape index (κ1) is 36.5. The molecule has 0 unspecified atom stereocenters. The Labute approximate surface area is 246 Å². The SMILES string of the molecule is CNC(=O)[C@@H](NC(=O)[C@H](CC(C)C)[C@H](NS(=O)(=O)c1c(C(C)C)cc(C(C)C)cc1C(C)C)C(=O)NO)C(C)(C)C. The van der Waals surface area contributed by atoms with Crippen LogP contribution in [0.1, 0.15) is 117 Å². The van der Waals surface area contributed by atoms with E-state index in [0.29, 0.717) is 11.1 Å². The number of hydroxylamine groups is 1. The highest BCUT2D eigenvalue weighted by Crippen LogP contribution is 2.35. The molecular weight excluding hydrogens is 544 g/mol. The summed E-state index contributed by atoms with van der Waals surface area (Å²) < 4.78 is 30.8. The molecule has 0 bridgehead atoms. The van der Waals surface area contributed by atoms with E-state index in [2.05, 4.69) is 15.4 Å². The molecule has 41 heavy (non-hydrogen) atoms. The van der Waals surface area contributed by atoms with Crippen molar-refractivity contribution in [2.75, 3.05) is 7.05 Å². The number of sulfonamides is 1. The van der Waals surface area contributed by atoms with Gasteiger partial charge in [0, 0.05) is 7.05 Å². The minimum atomic E-state index is -4.38. The first-order chi connectivity index (χ1) is 18.7. The topological polar surface area (TPSA) is 154 Å². The summed E-state index contributed by atoms with van der Waals surface area (Å²) in [4.78, 5) is 39.5. The Morgan fingerprint density at radius 1 is 0.829 bits per heavy atom. The number of hydrogen-bond donors (Lipinski definition) is 5. The average Bonchev–Trinajstić information content (AvgIpc) is 2.86. The van der Waals surface area contributed by atoms with Gasteiger partial charge in [0.1, 0.15) is 12.1 Å². The Morgan fingerprint density at radius 3 is 1.66 bits per heavy atom. The van der Waals surface area contributed by atoms with Gasteiger partial charge in [-0.3, -0.25) is 19.6 Å². The Kier molecular flexibility index (Phi) is 13.0. The van der Waals surface area contributed by atoms with Crippen molar-refractivity contribution in [3.8, 4) is 0 Å². The zero-order valence-electron chi connectivity index (χ0n) is 26.8. The molecule has 0 aliphatic heterocycles. The molecule has 5 N–H and O–H groups in total.